The third kappa shape index (κ3) is 4.69. The number of Topliss-reactive ketones (excluding diaryl/α,β-unsaturated/α-hetero) is 1. The predicted molar refractivity (Wildman–Crippen MR) is 87.4 cm³/mol. The van der Waals surface area contributed by atoms with Gasteiger partial charge in [-0.2, -0.15) is 11.8 Å². The summed E-state index contributed by atoms with van der Waals surface area (Å²) in [7, 11) is 3.55. The number of nitrogens with zero attached hydrogens (tertiary/aromatic N) is 1. The molecule has 1 aromatic rings. The summed E-state index contributed by atoms with van der Waals surface area (Å²) in [6, 6.07) is 5.58. The van der Waals surface area contributed by atoms with Crippen LogP contribution in [-0.4, -0.2) is 49.4 Å². The normalized spacial score (nSPS) is 12.5. The van der Waals surface area contributed by atoms with Gasteiger partial charge in [0, 0.05) is 17.4 Å². The average Bonchev–Trinajstić information content (AvgIpc) is 2.44. The van der Waals surface area contributed by atoms with Crippen molar-refractivity contribution < 1.29 is 9.53 Å². The molecule has 0 bridgehead atoms. The first-order valence-electron chi connectivity index (χ1n) is 6.59. The number of carbonyl (C=O) groups excluding carboxylic acids is 1. The van der Waals surface area contributed by atoms with Crippen molar-refractivity contribution in [2.75, 3.05) is 32.7 Å². The highest BCUT2D eigenvalue weighted by Gasteiger charge is 2.17. The number of hydrogen-bond donors (Lipinski definition) is 0. The number of methoxy groups -OCH3 is 1. The third-order valence-electron chi connectivity index (χ3n) is 3.32. The lowest BCUT2D eigenvalue weighted by molar-refractivity contribution is 0.0925. The predicted octanol–water partition coefficient (Wildman–Crippen LogP) is 3.60. The van der Waals surface area contributed by atoms with Crippen molar-refractivity contribution in [3.8, 4) is 5.75 Å². The summed E-state index contributed by atoms with van der Waals surface area (Å²) < 4.78 is 5.09. The Morgan fingerprint density at radius 1 is 1.50 bits per heavy atom. The molecular weight excluding hydrogens is 294 g/mol. The van der Waals surface area contributed by atoms with E-state index in [1.807, 2.05) is 7.05 Å². The number of rotatable bonds is 8. The fourth-order valence-corrected chi connectivity index (χ4v) is 3.17. The summed E-state index contributed by atoms with van der Waals surface area (Å²) in [4.78, 5) is 14.4. The van der Waals surface area contributed by atoms with Gasteiger partial charge in [0.25, 0.3) is 0 Å². The standard InChI is InChI=1S/C15H22ClNO2S/c1-5-12(10-20-4)17(2)9-14(18)11-6-7-15(19-3)13(16)8-11/h6-8,12H,5,9-10H2,1-4H3. The highest BCUT2D eigenvalue weighted by Crippen LogP contribution is 2.25. The summed E-state index contributed by atoms with van der Waals surface area (Å²) in [5.74, 6) is 1.70. The summed E-state index contributed by atoms with van der Waals surface area (Å²) in [5, 5.41) is 0.470. The van der Waals surface area contributed by atoms with Crippen LogP contribution in [0.15, 0.2) is 18.2 Å². The van der Waals surface area contributed by atoms with Gasteiger partial charge in [-0.1, -0.05) is 18.5 Å². The largest absolute Gasteiger partial charge is 0.495 e. The van der Waals surface area contributed by atoms with Crippen molar-refractivity contribution in [2.24, 2.45) is 0 Å². The fourth-order valence-electron chi connectivity index (χ4n) is 2.04. The van der Waals surface area contributed by atoms with Gasteiger partial charge in [-0.15, -0.1) is 0 Å². The number of carbonyl (C=O) groups is 1. The molecule has 0 spiro atoms. The molecule has 1 atom stereocenters. The Morgan fingerprint density at radius 3 is 2.70 bits per heavy atom. The van der Waals surface area contributed by atoms with Gasteiger partial charge in [-0.25, -0.2) is 0 Å². The lowest BCUT2D eigenvalue weighted by atomic mass is 10.1. The molecule has 0 saturated heterocycles. The van der Waals surface area contributed by atoms with Crippen molar-refractivity contribution in [1.29, 1.82) is 0 Å². The Morgan fingerprint density at radius 2 is 2.20 bits per heavy atom. The lowest BCUT2D eigenvalue weighted by Gasteiger charge is -2.25. The molecule has 0 saturated carbocycles. The number of benzene rings is 1. The van der Waals surface area contributed by atoms with Gasteiger partial charge in [0.15, 0.2) is 5.78 Å². The van der Waals surface area contributed by atoms with Crippen LogP contribution < -0.4 is 4.74 Å². The van der Waals surface area contributed by atoms with Crippen molar-refractivity contribution in [3.63, 3.8) is 0 Å². The molecule has 0 N–H and O–H groups in total. The van der Waals surface area contributed by atoms with Crippen molar-refractivity contribution in [2.45, 2.75) is 19.4 Å². The minimum absolute atomic E-state index is 0.0802. The molecule has 1 aromatic carbocycles. The summed E-state index contributed by atoms with van der Waals surface area (Å²) in [5.41, 5.74) is 0.627. The van der Waals surface area contributed by atoms with Crippen LogP contribution in [0.5, 0.6) is 5.75 Å². The van der Waals surface area contributed by atoms with Crippen LogP contribution in [0.3, 0.4) is 0 Å². The fraction of sp³-hybridized carbons (Fsp3) is 0.533. The van der Waals surface area contributed by atoms with Crippen LogP contribution in [0, 0.1) is 0 Å². The zero-order chi connectivity index (χ0) is 15.1. The van der Waals surface area contributed by atoms with E-state index in [1.165, 1.54) is 0 Å². The zero-order valence-electron chi connectivity index (χ0n) is 12.5. The first-order chi connectivity index (χ1) is 9.53. The number of ether oxygens (including phenoxy) is 1. The van der Waals surface area contributed by atoms with E-state index in [4.69, 9.17) is 16.3 Å². The van der Waals surface area contributed by atoms with Crippen LogP contribution in [0.2, 0.25) is 5.02 Å². The van der Waals surface area contributed by atoms with E-state index >= 15 is 0 Å². The number of thioether (sulfide) groups is 1. The van der Waals surface area contributed by atoms with Gasteiger partial charge in [-0.05, 0) is 37.9 Å². The molecule has 3 nitrogen and oxygen atoms in total. The molecule has 1 unspecified atom stereocenters. The van der Waals surface area contributed by atoms with Crippen LogP contribution in [0.25, 0.3) is 0 Å². The Hall–Kier alpha value is -0.710. The number of likely N-dealkylation sites (N-methyl/N-ethyl adjacent to an activating group) is 1. The molecule has 0 aliphatic carbocycles. The summed E-state index contributed by atoms with van der Waals surface area (Å²) in [6.07, 6.45) is 3.12. The maximum atomic E-state index is 12.3. The molecule has 0 aromatic heterocycles. The Balaban J connectivity index is 2.73. The molecule has 5 heteroatoms. The quantitative estimate of drug-likeness (QED) is 0.685. The summed E-state index contributed by atoms with van der Waals surface area (Å²) >= 11 is 7.86. The first-order valence-corrected chi connectivity index (χ1v) is 8.36. The zero-order valence-corrected chi connectivity index (χ0v) is 14.1. The van der Waals surface area contributed by atoms with Crippen LogP contribution in [0.1, 0.15) is 23.7 Å². The van der Waals surface area contributed by atoms with Crippen LogP contribution in [0.4, 0.5) is 0 Å². The van der Waals surface area contributed by atoms with Crippen molar-refractivity contribution in [3.05, 3.63) is 28.8 Å². The molecule has 0 aliphatic rings. The van der Waals surface area contributed by atoms with E-state index in [0.29, 0.717) is 28.9 Å². The van der Waals surface area contributed by atoms with Crippen molar-refractivity contribution >= 4 is 29.1 Å². The Bertz CT molecular complexity index is 453. The Labute approximate surface area is 130 Å². The molecular formula is C15H22ClNO2S. The molecule has 0 heterocycles. The van der Waals surface area contributed by atoms with Gasteiger partial charge in [0.05, 0.1) is 18.7 Å². The highest BCUT2D eigenvalue weighted by atomic mass is 35.5. The van der Waals surface area contributed by atoms with Gasteiger partial charge in [-0.3, -0.25) is 9.69 Å². The number of hydrogen-bond acceptors (Lipinski definition) is 4. The topological polar surface area (TPSA) is 29.5 Å². The van der Waals surface area contributed by atoms with Gasteiger partial charge in [0.1, 0.15) is 5.75 Å². The second kappa shape index (κ2) is 8.55. The van der Waals surface area contributed by atoms with E-state index in [2.05, 4.69) is 18.1 Å². The van der Waals surface area contributed by atoms with E-state index in [-0.39, 0.29) is 5.78 Å². The molecule has 112 valence electrons. The second-order valence-electron chi connectivity index (χ2n) is 4.71. The smallest absolute Gasteiger partial charge is 0.176 e. The van der Waals surface area contributed by atoms with Gasteiger partial charge >= 0.3 is 0 Å². The molecule has 0 radical (unpaired) electrons. The lowest BCUT2D eigenvalue weighted by Crippen LogP contribution is -2.37. The molecule has 20 heavy (non-hydrogen) atoms. The van der Waals surface area contributed by atoms with E-state index in [9.17, 15) is 4.79 Å². The molecule has 0 fully saturated rings. The van der Waals surface area contributed by atoms with Gasteiger partial charge in [0.2, 0.25) is 0 Å². The maximum absolute atomic E-state index is 12.3. The average molecular weight is 316 g/mol. The molecule has 0 amide bonds. The summed E-state index contributed by atoms with van der Waals surface area (Å²) in [6.45, 7) is 2.55. The second-order valence-corrected chi connectivity index (χ2v) is 6.02. The van der Waals surface area contributed by atoms with Crippen LogP contribution in [-0.2, 0) is 0 Å². The monoisotopic (exact) mass is 315 g/mol. The van der Waals surface area contributed by atoms with E-state index in [0.717, 1.165) is 12.2 Å². The van der Waals surface area contributed by atoms with Crippen LogP contribution >= 0.6 is 23.4 Å². The third-order valence-corrected chi connectivity index (χ3v) is 4.33. The van der Waals surface area contributed by atoms with Crippen molar-refractivity contribution in [1.82, 2.24) is 4.90 Å². The maximum Gasteiger partial charge on any atom is 0.176 e. The van der Waals surface area contributed by atoms with E-state index in [1.54, 1.807) is 37.1 Å². The Kier molecular flexibility index (Phi) is 7.41. The number of halogens is 1. The minimum Gasteiger partial charge on any atom is -0.495 e. The minimum atomic E-state index is 0.0802. The number of ketones is 1. The molecule has 0 aliphatic heterocycles. The first kappa shape index (κ1) is 17.3. The molecule has 1 rings (SSSR count). The van der Waals surface area contributed by atoms with Gasteiger partial charge < -0.3 is 4.74 Å². The highest BCUT2D eigenvalue weighted by molar-refractivity contribution is 7.98. The van der Waals surface area contributed by atoms with E-state index < -0.39 is 0 Å². The SMILES string of the molecule is CCC(CSC)N(C)CC(=O)c1ccc(OC)c(Cl)c1.